The molecule has 0 unspecified atom stereocenters. The summed E-state index contributed by atoms with van der Waals surface area (Å²) in [5, 5.41) is 5.36. The van der Waals surface area contributed by atoms with Gasteiger partial charge in [-0.25, -0.2) is 8.78 Å². The molecule has 4 nitrogen and oxygen atoms in total. The third kappa shape index (κ3) is 4.94. The first-order chi connectivity index (χ1) is 13.1. The zero-order valence-corrected chi connectivity index (χ0v) is 16.8. The quantitative estimate of drug-likeness (QED) is 0.779. The van der Waals surface area contributed by atoms with Crippen LogP contribution in [-0.4, -0.2) is 17.9 Å². The minimum atomic E-state index is -0.968. The van der Waals surface area contributed by atoms with E-state index in [2.05, 4.69) is 10.6 Å². The highest BCUT2D eigenvalue weighted by atomic mass is 19.1. The van der Waals surface area contributed by atoms with E-state index in [1.807, 2.05) is 39.0 Å². The van der Waals surface area contributed by atoms with Crippen molar-refractivity contribution in [1.29, 1.82) is 0 Å². The Hall–Kier alpha value is -2.76. The predicted molar refractivity (Wildman–Crippen MR) is 105 cm³/mol. The zero-order chi connectivity index (χ0) is 21.0. The molecule has 0 bridgehead atoms. The number of rotatable bonds is 6. The van der Waals surface area contributed by atoms with Crippen LogP contribution in [0.15, 0.2) is 36.4 Å². The fraction of sp³-hybridized carbons (Fsp3) is 0.364. The number of nitrogens with one attached hydrogen (secondary N) is 2. The number of benzene rings is 2. The van der Waals surface area contributed by atoms with Crippen LogP contribution >= 0.6 is 0 Å². The lowest BCUT2D eigenvalue weighted by atomic mass is 9.98. The lowest BCUT2D eigenvalue weighted by Crippen LogP contribution is -2.50. The topological polar surface area (TPSA) is 58.2 Å². The molecule has 150 valence electrons. The van der Waals surface area contributed by atoms with Gasteiger partial charge >= 0.3 is 0 Å². The van der Waals surface area contributed by atoms with Gasteiger partial charge < -0.3 is 10.6 Å². The summed E-state index contributed by atoms with van der Waals surface area (Å²) in [5.74, 6) is -3.57. The molecule has 0 fully saturated rings. The maximum atomic E-state index is 13.9. The molecule has 0 aliphatic heterocycles. The summed E-state index contributed by atoms with van der Waals surface area (Å²) in [6, 6.07) is 7.95. The summed E-state index contributed by atoms with van der Waals surface area (Å²) in [6.07, 6.45) is 0. The van der Waals surface area contributed by atoms with Crippen molar-refractivity contribution in [2.24, 2.45) is 5.92 Å². The van der Waals surface area contributed by atoms with Crippen LogP contribution in [0.1, 0.15) is 53.9 Å². The van der Waals surface area contributed by atoms with Crippen molar-refractivity contribution in [3.8, 4) is 0 Å². The summed E-state index contributed by atoms with van der Waals surface area (Å²) < 4.78 is 27.7. The van der Waals surface area contributed by atoms with Gasteiger partial charge in [-0.1, -0.05) is 43.7 Å². The summed E-state index contributed by atoms with van der Waals surface area (Å²) in [6.45, 7) is 9.29. The van der Waals surface area contributed by atoms with Gasteiger partial charge in [0.25, 0.3) is 5.91 Å². The first kappa shape index (κ1) is 21.5. The van der Waals surface area contributed by atoms with Crippen molar-refractivity contribution < 1.29 is 18.4 Å². The average Bonchev–Trinajstić information content (AvgIpc) is 2.61. The number of carbonyl (C=O) groups is 2. The zero-order valence-electron chi connectivity index (χ0n) is 16.8. The maximum Gasteiger partial charge on any atom is 0.257 e. The Labute approximate surface area is 164 Å². The predicted octanol–water partition coefficient (Wildman–Crippen LogP) is 4.21. The summed E-state index contributed by atoms with van der Waals surface area (Å²) in [7, 11) is 0. The summed E-state index contributed by atoms with van der Waals surface area (Å²) in [5.41, 5.74) is 2.40. The third-order valence-electron chi connectivity index (χ3n) is 4.69. The molecule has 0 saturated carbocycles. The molecule has 28 heavy (non-hydrogen) atoms. The van der Waals surface area contributed by atoms with Crippen molar-refractivity contribution in [3.05, 3.63) is 70.3 Å². The highest BCUT2D eigenvalue weighted by Crippen LogP contribution is 2.20. The van der Waals surface area contributed by atoms with E-state index in [9.17, 15) is 18.4 Å². The highest BCUT2D eigenvalue weighted by Gasteiger charge is 2.28. The molecule has 0 heterocycles. The van der Waals surface area contributed by atoms with Gasteiger partial charge in [0.15, 0.2) is 0 Å². The largest absolute Gasteiger partial charge is 0.348 e. The Morgan fingerprint density at radius 1 is 0.929 bits per heavy atom. The van der Waals surface area contributed by atoms with Crippen LogP contribution in [0.4, 0.5) is 8.78 Å². The monoisotopic (exact) mass is 388 g/mol. The van der Waals surface area contributed by atoms with Crippen LogP contribution in [0.3, 0.4) is 0 Å². The molecule has 0 aromatic heterocycles. The molecule has 2 atom stereocenters. The molecule has 6 heteroatoms. The molecule has 2 N–H and O–H groups in total. The standard InChI is InChI=1S/C22H26F2N2O2/c1-12(2)20(26-21(27)19-17(23)7-6-8-18(19)24)22(28)25-15(5)16-11-13(3)9-10-14(16)4/h6-12,15,20H,1-5H3,(H,25,28)(H,26,27)/t15-,20-/m0/s1. The van der Waals surface area contributed by atoms with E-state index >= 15 is 0 Å². The number of hydrogen-bond acceptors (Lipinski definition) is 2. The van der Waals surface area contributed by atoms with E-state index in [1.54, 1.807) is 13.8 Å². The van der Waals surface area contributed by atoms with Gasteiger partial charge in [0.05, 0.1) is 6.04 Å². The lowest BCUT2D eigenvalue weighted by molar-refractivity contribution is -0.124. The van der Waals surface area contributed by atoms with E-state index < -0.39 is 35.1 Å². The van der Waals surface area contributed by atoms with E-state index in [0.717, 1.165) is 28.8 Å². The number of amides is 2. The van der Waals surface area contributed by atoms with Crippen LogP contribution in [0, 0.1) is 31.4 Å². The maximum absolute atomic E-state index is 13.9. The normalized spacial score (nSPS) is 13.1. The molecule has 0 spiro atoms. The van der Waals surface area contributed by atoms with Crippen LogP contribution in [0.5, 0.6) is 0 Å². The minimum absolute atomic E-state index is 0.274. The highest BCUT2D eigenvalue weighted by molar-refractivity contribution is 5.98. The van der Waals surface area contributed by atoms with Crippen LogP contribution in [0.2, 0.25) is 0 Å². The molecular weight excluding hydrogens is 362 g/mol. The number of carbonyl (C=O) groups excluding carboxylic acids is 2. The molecule has 2 aromatic carbocycles. The van der Waals surface area contributed by atoms with E-state index in [0.29, 0.717) is 0 Å². The molecular formula is C22H26F2N2O2. The molecule has 0 saturated heterocycles. The first-order valence-corrected chi connectivity index (χ1v) is 9.24. The van der Waals surface area contributed by atoms with E-state index in [-0.39, 0.29) is 12.0 Å². The van der Waals surface area contributed by atoms with Crippen LogP contribution < -0.4 is 10.6 Å². The lowest BCUT2D eigenvalue weighted by Gasteiger charge is -2.25. The fourth-order valence-electron chi connectivity index (χ4n) is 3.07. The average molecular weight is 388 g/mol. The number of hydrogen-bond donors (Lipinski definition) is 2. The second kappa shape index (κ2) is 8.95. The van der Waals surface area contributed by atoms with Gasteiger partial charge in [-0.15, -0.1) is 0 Å². The molecule has 0 aliphatic rings. The Kier molecular flexibility index (Phi) is 6.89. The Balaban J connectivity index is 2.18. The molecule has 2 aromatic rings. The minimum Gasteiger partial charge on any atom is -0.348 e. The van der Waals surface area contributed by atoms with Crippen molar-refractivity contribution in [2.75, 3.05) is 0 Å². The molecule has 2 amide bonds. The smallest absolute Gasteiger partial charge is 0.257 e. The molecule has 2 rings (SSSR count). The van der Waals surface area contributed by atoms with Gasteiger partial charge in [0.1, 0.15) is 23.2 Å². The van der Waals surface area contributed by atoms with Crippen LogP contribution in [-0.2, 0) is 4.79 Å². The second-order valence-electron chi connectivity index (χ2n) is 7.38. The second-order valence-corrected chi connectivity index (χ2v) is 7.38. The first-order valence-electron chi connectivity index (χ1n) is 9.24. The van der Waals surface area contributed by atoms with Crippen molar-refractivity contribution >= 4 is 11.8 Å². The van der Waals surface area contributed by atoms with Gasteiger partial charge in [-0.2, -0.15) is 0 Å². The van der Waals surface area contributed by atoms with Gasteiger partial charge in [-0.05, 0) is 49.9 Å². The Bertz CT molecular complexity index is 861. The van der Waals surface area contributed by atoms with E-state index in [4.69, 9.17) is 0 Å². The summed E-state index contributed by atoms with van der Waals surface area (Å²) in [4.78, 5) is 25.2. The number of aryl methyl sites for hydroxylation is 2. The summed E-state index contributed by atoms with van der Waals surface area (Å²) >= 11 is 0. The van der Waals surface area contributed by atoms with Crippen LogP contribution in [0.25, 0.3) is 0 Å². The molecule has 0 aliphatic carbocycles. The van der Waals surface area contributed by atoms with Crippen molar-refractivity contribution in [2.45, 2.75) is 46.7 Å². The third-order valence-corrected chi connectivity index (χ3v) is 4.69. The van der Waals surface area contributed by atoms with Gasteiger partial charge in [-0.3, -0.25) is 9.59 Å². The van der Waals surface area contributed by atoms with Gasteiger partial charge in [0, 0.05) is 0 Å². The Morgan fingerprint density at radius 2 is 1.54 bits per heavy atom. The van der Waals surface area contributed by atoms with E-state index in [1.165, 1.54) is 6.07 Å². The Morgan fingerprint density at radius 3 is 2.11 bits per heavy atom. The number of halogens is 2. The SMILES string of the molecule is Cc1ccc(C)c([C@H](C)NC(=O)[C@@H](NC(=O)c2c(F)cccc2F)C(C)C)c1. The molecule has 0 radical (unpaired) electrons. The van der Waals surface area contributed by atoms with Gasteiger partial charge in [0.2, 0.25) is 5.91 Å². The van der Waals surface area contributed by atoms with Crippen molar-refractivity contribution in [1.82, 2.24) is 10.6 Å². The van der Waals surface area contributed by atoms with Crippen molar-refractivity contribution in [3.63, 3.8) is 0 Å². The fourth-order valence-corrected chi connectivity index (χ4v) is 3.07.